The molecule has 0 bridgehead atoms. The molecule has 0 amide bonds. The van der Waals surface area contributed by atoms with E-state index in [0.717, 1.165) is 18.4 Å². The van der Waals surface area contributed by atoms with Gasteiger partial charge in [0.05, 0.1) is 5.02 Å². The van der Waals surface area contributed by atoms with E-state index in [1.807, 2.05) is 6.07 Å². The Balaban J connectivity index is 2.85. The molecule has 0 fully saturated rings. The van der Waals surface area contributed by atoms with E-state index in [4.69, 9.17) is 17.3 Å². The third-order valence-electron chi connectivity index (χ3n) is 3.83. The van der Waals surface area contributed by atoms with Gasteiger partial charge in [0.1, 0.15) is 0 Å². The molecule has 0 aromatic carbocycles. The minimum Gasteiger partial charge on any atom is -0.326 e. The smallest absolute Gasteiger partial charge is 0.0621 e. The topological polar surface area (TPSA) is 42.1 Å². The highest BCUT2D eigenvalue weighted by molar-refractivity contribution is 6.31. The van der Waals surface area contributed by atoms with Crippen molar-refractivity contribution in [2.45, 2.75) is 38.3 Å². The average Bonchev–Trinajstić information content (AvgIpc) is 2.30. The molecule has 3 nitrogen and oxygen atoms in total. The van der Waals surface area contributed by atoms with Crippen LogP contribution in [-0.2, 0) is 6.42 Å². The Morgan fingerprint density at radius 1 is 1.53 bits per heavy atom. The van der Waals surface area contributed by atoms with Gasteiger partial charge in [0.2, 0.25) is 0 Å². The van der Waals surface area contributed by atoms with Crippen molar-refractivity contribution in [3.63, 3.8) is 0 Å². The molecule has 0 aliphatic carbocycles. The van der Waals surface area contributed by atoms with Crippen LogP contribution in [0, 0.1) is 0 Å². The Bertz CT molecular complexity index is 367. The van der Waals surface area contributed by atoms with Gasteiger partial charge >= 0.3 is 0 Å². The average molecular weight is 256 g/mol. The van der Waals surface area contributed by atoms with Crippen molar-refractivity contribution in [3.8, 4) is 0 Å². The van der Waals surface area contributed by atoms with Gasteiger partial charge in [-0.05, 0) is 45.5 Å². The van der Waals surface area contributed by atoms with Crippen molar-refractivity contribution in [1.82, 2.24) is 9.88 Å². The Morgan fingerprint density at radius 3 is 2.65 bits per heavy atom. The summed E-state index contributed by atoms with van der Waals surface area (Å²) < 4.78 is 0. The first-order chi connectivity index (χ1) is 7.91. The molecule has 1 rings (SSSR count). The molecule has 96 valence electrons. The van der Waals surface area contributed by atoms with Crippen LogP contribution in [0.4, 0.5) is 0 Å². The molecule has 2 unspecified atom stereocenters. The van der Waals surface area contributed by atoms with E-state index in [2.05, 4.69) is 37.8 Å². The maximum Gasteiger partial charge on any atom is 0.0621 e. The van der Waals surface area contributed by atoms with Crippen molar-refractivity contribution in [2.75, 3.05) is 14.1 Å². The highest BCUT2D eigenvalue weighted by atomic mass is 35.5. The standard InChI is InChI=1S/C13H22ClN3/c1-5-13(2,17(3)4)12(15)8-10-6-7-16-9-11(10)14/h6-7,9,12H,5,8,15H2,1-4H3. The summed E-state index contributed by atoms with van der Waals surface area (Å²) in [6.07, 6.45) is 5.20. The van der Waals surface area contributed by atoms with Crippen LogP contribution >= 0.6 is 11.6 Å². The lowest BCUT2D eigenvalue weighted by atomic mass is 9.85. The highest BCUT2D eigenvalue weighted by Gasteiger charge is 2.32. The molecule has 1 aromatic rings. The Labute approximate surface area is 109 Å². The second kappa shape index (κ2) is 5.80. The molecule has 1 heterocycles. The van der Waals surface area contributed by atoms with Gasteiger partial charge in [-0.3, -0.25) is 4.98 Å². The lowest BCUT2D eigenvalue weighted by Crippen LogP contribution is -2.55. The fraction of sp³-hybridized carbons (Fsp3) is 0.615. The molecule has 0 aliphatic rings. The number of pyridine rings is 1. The highest BCUT2D eigenvalue weighted by Crippen LogP contribution is 2.24. The van der Waals surface area contributed by atoms with Crippen molar-refractivity contribution in [3.05, 3.63) is 29.0 Å². The molecule has 0 saturated heterocycles. The van der Waals surface area contributed by atoms with Crippen LogP contribution in [0.5, 0.6) is 0 Å². The number of rotatable bonds is 5. The first kappa shape index (κ1) is 14.4. The summed E-state index contributed by atoms with van der Waals surface area (Å²) in [5, 5.41) is 0.695. The predicted octanol–water partition coefficient (Wildman–Crippen LogP) is 2.34. The van der Waals surface area contributed by atoms with Crippen LogP contribution in [-0.4, -0.2) is 35.6 Å². The number of aromatic nitrogens is 1. The van der Waals surface area contributed by atoms with Crippen LogP contribution in [0.3, 0.4) is 0 Å². The van der Waals surface area contributed by atoms with Crippen LogP contribution in [0.2, 0.25) is 5.02 Å². The van der Waals surface area contributed by atoms with E-state index in [-0.39, 0.29) is 11.6 Å². The van der Waals surface area contributed by atoms with Crippen molar-refractivity contribution >= 4 is 11.6 Å². The molecule has 0 radical (unpaired) electrons. The number of nitrogens with zero attached hydrogens (tertiary/aromatic N) is 2. The molecule has 17 heavy (non-hydrogen) atoms. The number of likely N-dealkylation sites (N-methyl/N-ethyl adjacent to an activating group) is 1. The van der Waals surface area contributed by atoms with Gasteiger partial charge in [-0.2, -0.15) is 0 Å². The summed E-state index contributed by atoms with van der Waals surface area (Å²) in [6.45, 7) is 4.35. The molecule has 4 heteroatoms. The van der Waals surface area contributed by atoms with Gasteiger partial charge in [-0.15, -0.1) is 0 Å². The zero-order valence-electron chi connectivity index (χ0n) is 11.1. The van der Waals surface area contributed by atoms with Gasteiger partial charge in [-0.25, -0.2) is 0 Å². The second-order valence-electron chi connectivity index (χ2n) is 4.88. The minimum absolute atomic E-state index is 0.0212. The van der Waals surface area contributed by atoms with Crippen molar-refractivity contribution in [1.29, 1.82) is 0 Å². The first-order valence-corrected chi connectivity index (χ1v) is 6.31. The fourth-order valence-electron chi connectivity index (χ4n) is 1.94. The van der Waals surface area contributed by atoms with E-state index < -0.39 is 0 Å². The Hall–Kier alpha value is -0.640. The molecular formula is C13H22ClN3. The summed E-state index contributed by atoms with van der Waals surface area (Å²) in [5.41, 5.74) is 7.39. The SMILES string of the molecule is CCC(C)(C(N)Cc1ccncc1Cl)N(C)C. The third-order valence-corrected chi connectivity index (χ3v) is 4.17. The van der Waals surface area contributed by atoms with E-state index in [1.165, 1.54) is 0 Å². The molecule has 2 N–H and O–H groups in total. The van der Waals surface area contributed by atoms with Crippen molar-refractivity contribution < 1.29 is 0 Å². The maximum atomic E-state index is 6.34. The van der Waals surface area contributed by atoms with E-state index >= 15 is 0 Å². The molecule has 1 aromatic heterocycles. The summed E-state index contributed by atoms with van der Waals surface area (Å²) in [7, 11) is 4.13. The van der Waals surface area contributed by atoms with E-state index in [1.54, 1.807) is 12.4 Å². The molecule has 0 spiro atoms. The second-order valence-corrected chi connectivity index (χ2v) is 5.29. The summed E-state index contributed by atoms with van der Waals surface area (Å²) >= 11 is 6.11. The summed E-state index contributed by atoms with van der Waals surface area (Å²) in [5.74, 6) is 0. The molecule has 0 saturated carbocycles. The number of halogens is 1. The number of hydrogen-bond donors (Lipinski definition) is 1. The van der Waals surface area contributed by atoms with Crippen LogP contribution in [0.1, 0.15) is 25.8 Å². The van der Waals surface area contributed by atoms with Gasteiger partial charge in [0.25, 0.3) is 0 Å². The van der Waals surface area contributed by atoms with E-state index in [0.29, 0.717) is 5.02 Å². The normalized spacial score (nSPS) is 16.9. The zero-order chi connectivity index (χ0) is 13.1. The molecular weight excluding hydrogens is 234 g/mol. The Morgan fingerprint density at radius 2 is 2.18 bits per heavy atom. The quantitative estimate of drug-likeness (QED) is 0.878. The summed E-state index contributed by atoms with van der Waals surface area (Å²) in [4.78, 5) is 6.17. The summed E-state index contributed by atoms with van der Waals surface area (Å²) in [6, 6.07) is 1.98. The van der Waals surface area contributed by atoms with Crippen LogP contribution < -0.4 is 5.73 Å². The number of hydrogen-bond acceptors (Lipinski definition) is 3. The fourth-order valence-corrected chi connectivity index (χ4v) is 2.13. The molecule has 0 aliphatic heterocycles. The first-order valence-electron chi connectivity index (χ1n) is 5.93. The Kier molecular flexibility index (Phi) is 4.92. The van der Waals surface area contributed by atoms with E-state index in [9.17, 15) is 0 Å². The van der Waals surface area contributed by atoms with Gasteiger partial charge < -0.3 is 10.6 Å². The lowest BCUT2D eigenvalue weighted by molar-refractivity contribution is 0.131. The predicted molar refractivity (Wildman–Crippen MR) is 73.3 cm³/mol. The van der Waals surface area contributed by atoms with Gasteiger partial charge in [0, 0.05) is 24.0 Å². The minimum atomic E-state index is -0.0212. The largest absolute Gasteiger partial charge is 0.326 e. The van der Waals surface area contributed by atoms with Crippen LogP contribution in [0.25, 0.3) is 0 Å². The van der Waals surface area contributed by atoms with Crippen LogP contribution in [0.15, 0.2) is 18.5 Å². The lowest BCUT2D eigenvalue weighted by Gasteiger charge is -2.41. The monoisotopic (exact) mass is 255 g/mol. The molecule has 2 atom stereocenters. The van der Waals surface area contributed by atoms with Gasteiger partial charge in [0.15, 0.2) is 0 Å². The zero-order valence-corrected chi connectivity index (χ0v) is 11.8. The maximum absolute atomic E-state index is 6.34. The van der Waals surface area contributed by atoms with Gasteiger partial charge in [-0.1, -0.05) is 18.5 Å². The number of nitrogens with two attached hydrogens (primary N) is 1. The van der Waals surface area contributed by atoms with Crippen molar-refractivity contribution in [2.24, 2.45) is 5.73 Å². The third kappa shape index (κ3) is 3.18.